The van der Waals surface area contributed by atoms with Crippen LogP contribution >= 0.6 is 0 Å². The highest BCUT2D eigenvalue weighted by Crippen LogP contribution is 2.21. The monoisotopic (exact) mass is 291 g/mol. The lowest BCUT2D eigenvalue weighted by molar-refractivity contribution is -0.141. The van der Waals surface area contributed by atoms with Crippen LogP contribution in [0.1, 0.15) is 12.5 Å². The highest BCUT2D eigenvalue weighted by atomic mass is 19.1. The maximum atomic E-state index is 12.9. The van der Waals surface area contributed by atoms with Crippen LogP contribution < -0.4 is 5.32 Å². The molecule has 110 valence electrons. The number of carbonyl (C=O) groups is 1. The lowest BCUT2D eigenvalue weighted by Crippen LogP contribution is -2.45. The first-order valence-electron chi connectivity index (χ1n) is 6.41. The number of rotatable bonds is 5. The van der Waals surface area contributed by atoms with Gasteiger partial charge in [-0.2, -0.15) is 0 Å². The first-order valence-corrected chi connectivity index (χ1v) is 6.41. The van der Waals surface area contributed by atoms with Gasteiger partial charge >= 0.3 is 5.97 Å². The Kier molecular flexibility index (Phi) is 4.21. The number of benzene rings is 2. The largest absolute Gasteiger partial charge is 0.480 e. The van der Waals surface area contributed by atoms with Crippen molar-refractivity contribution in [2.24, 2.45) is 0 Å². The predicted octanol–water partition coefficient (Wildman–Crippen LogP) is 3.46. The Morgan fingerprint density at radius 3 is 2.00 bits per heavy atom. The van der Waals surface area contributed by atoms with E-state index in [0.29, 0.717) is 11.3 Å². The number of aliphatic carboxylic acids is 1. The molecule has 2 aromatic carbocycles. The van der Waals surface area contributed by atoms with Gasteiger partial charge in [0.05, 0.1) is 0 Å². The number of carboxylic acid groups (broad SMARTS) is 1. The van der Waals surface area contributed by atoms with Gasteiger partial charge in [-0.25, -0.2) is 13.6 Å². The second-order valence-electron chi connectivity index (χ2n) is 5.07. The van der Waals surface area contributed by atoms with Crippen molar-refractivity contribution in [2.75, 3.05) is 5.32 Å². The smallest absolute Gasteiger partial charge is 0.329 e. The topological polar surface area (TPSA) is 49.3 Å². The maximum Gasteiger partial charge on any atom is 0.329 e. The molecular formula is C16H15F2NO2. The molecule has 1 atom stereocenters. The second kappa shape index (κ2) is 5.91. The summed E-state index contributed by atoms with van der Waals surface area (Å²) in [6.45, 7) is 1.53. The van der Waals surface area contributed by atoms with E-state index in [9.17, 15) is 18.7 Å². The summed E-state index contributed by atoms with van der Waals surface area (Å²) < 4.78 is 25.8. The zero-order chi connectivity index (χ0) is 15.5. The zero-order valence-electron chi connectivity index (χ0n) is 11.4. The molecule has 0 aromatic heterocycles. The molecule has 0 aliphatic heterocycles. The lowest BCUT2D eigenvalue weighted by Gasteiger charge is -2.27. The van der Waals surface area contributed by atoms with E-state index in [1.54, 1.807) is 12.1 Å². The Bertz CT molecular complexity index is 576. The molecule has 1 unspecified atom stereocenters. The van der Waals surface area contributed by atoms with Gasteiger partial charge in [0.25, 0.3) is 0 Å². The van der Waals surface area contributed by atoms with E-state index < -0.39 is 17.3 Å². The van der Waals surface area contributed by atoms with E-state index in [2.05, 4.69) is 5.32 Å². The normalized spacial score (nSPS) is 13.5. The van der Waals surface area contributed by atoms with Gasteiger partial charge in [0.15, 0.2) is 0 Å². The first kappa shape index (κ1) is 15.0. The van der Waals surface area contributed by atoms with Crippen molar-refractivity contribution in [3.8, 4) is 0 Å². The van der Waals surface area contributed by atoms with Crippen LogP contribution in [-0.4, -0.2) is 16.6 Å². The maximum absolute atomic E-state index is 12.9. The standard InChI is InChI=1S/C16H15F2NO2/c1-16(15(20)21,10-11-2-4-12(17)5-3-11)19-14-8-6-13(18)7-9-14/h2-9,19H,10H2,1H3,(H,20,21). The Morgan fingerprint density at radius 2 is 1.52 bits per heavy atom. The van der Waals surface area contributed by atoms with Crippen LogP contribution in [-0.2, 0) is 11.2 Å². The summed E-state index contributed by atoms with van der Waals surface area (Å²) in [5.41, 5.74) is -0.0883. The predicted molar refractivity (Wildman–Crippen MR) is 76.2 cm³/mol. The van der Waals surface area contributed by atoms with E-state index in [1.165, 1.54) is 43.3 Å². The molecule has 0 aliphatic carbocycles. The van der Waals surface area contributed by atoms with Crippen molar-refractivity contribution in [3.05, 3.63) is 65.7 Å². The van der Waals surface area contributed by atoms with Gasteiger partial charge in [0, 0.05) is 12.1 Å². The van der Waals surface area contributed by atoms with Crippen molar-refractivity contribution in [3.63, 3.8) is 0 Å². The molecule has 0 fully saturated rings. The van der Waals surface area contributed by atoms with Gasteiger partial charge in [-0.1, -0.05) is 12.1 Å². The average Bonchev–Trinajstić information content (AvgIpc) is 2.44. The van der Waals surface area contributed by atoms with Crippen LogP contribution in [0.2, 0.25) is 0 Å². The fourth-order valence-electron chi connectivity index (χ4n) is 2.04. The summed E-state index contributed by atoms with van der Waals surface area (Å²) in [4.78, 5) is 11.6. The Labute approximate surface area is 121 Å². The molecule has 21 heavy (non-hydrogen) atoms. The Morgan fingerprint density at radius 1 is 1.05 bits per heavy atom. The van der Waals surface area contributed by atoms with Gasteiger partial charge in [-0.3, -0.25) is 0 Å². The molecule has 0 radical (unpaired) electrons. The molecule has 0 amide bonds. The van der Waals surface area contributed by atoms with E-state index in [1.807, 2.05) is 0 Å². The quantitative estimate of drug-likeness (QED) is 0.887. The fraction of sp³-hybridized carbons (Fsp3) is 0.188. The van der Waals surface area contributed by atoms with Crippen LogP contribution in [0.3, 0.4) is 0 Å². The molecule has 0 heterocycles. The van der Waals surface area contributed by atoms with Crippen LogP contribution in [0.15, 0.2) is 48.5 Å². The van der Waals surface area contributed by atoms with Gasteiger partial charge in [-0.05, 0) is 48.9 Å². The van der Waals surface area contributed by atoms with Gasteiger partial charge in [0.2, 0.25) is 0 Å². The number of hydrogen-bond donors (Lipinski definition) is 2. The van der Waals surface area contributed by atoms with Crippen molar-refractivity contribution in [1.29, 1.82) is 0 Å². The highest BCUT2D eigenvalue weighted by Gasteiger charge is 2.33. The summed E-state index contributed by atoms with van der Waals surface area (Å²) in [6.07, 6.45) is 0.167. The van der Waals surface area contributed by atoms with Crippen molar-refractivity contribution < 1.29 is 18.7 Å². The minimum Gasteiger partial charge on any atom is -0.480 e. The molecule has 2 N–H and O–H groups in total. The molecular weight excluding hydrogens is 276 g/mol. The van der Waals surface area contributed by atoms with Crippen LogP contribution in [0.5, 0.6) is 0 Å². The van der Waals surface area contributed by atoms with Crippen LogP contribution in [0.25, 0.3) is 0 Å². The molecule has 2 rings (SSSR count). The van der Waals surface area contributed by atoms with Crippen LogP contribution in [0.4, 0.5) is 14.5 Å². The molecule has 5 heteroatoms. The third-order valence-corrected chi connectivity index (χ3v) is 3.21. The molecule has 0 saturated heterocycles. The Balaban J connectivity index is 2.21. The third-order valence-electron chi connectivity index (χ3n) is 3.21. The number of anilines is 1. The van der Waals surface area contributed by atoms with Gasteiger partial charge in [0.1, 0.15) is 17.2 Å². The lowest BCUT2D eigenvalue weighted by atomic mass is 9.92. The minimum absolute atomic E-state index is 0.167. The van der Waals surface area contributed by atoms with Crippen molar-refractivity contribution >= 4 is 11.7 Å². The number of halogens is 2. The van der Waals surface area contributed by atoms with Gasteiger partial charge < -0.3 is 10.4 Å². The number of hydrogen-bond acceptors (Lipinski definition) is 2. The molecule has 0 bridgehead atoms. The first-order chi connectivity index (χ1) is 9.89. The fourth-order valence-corrected chi connectivity index (χ4v) is 2.04. The van der Waals surface area contributed by atoms with E-state index in [0.717, 1.165) is 0 Å². The van der Waals surface area contributed by atoms with Crippen LogP contribution in [0, 0.1) is 11.6 Å². The van der Waals surface area contributed by atoms with E-state index in [-0.39, 0.29) is 12.2 Å². The average molecular weight is 291 g/mol. The second-order valence-corrected chi connectivity index (χ2v) is 5.07. The van der Waals surface area contributed by atoms with Crippen molar-refractivity contribution in [1.82, 2.24) is 0 Å². The van der Waals surface area contributed by atoms with E-state index >= 15 is 0 Å². The summed E-state index contributed by atoms with van der Waals surface area (Å²) in [5.74, 6) is -1.81. The molecule has 0 aliphatic rings. The molecule has 3 nitrogen and oxygen atoms in total. The molecule has 0 saturated carbocycles. The summed E-state index contributed by atoms with van der Waals surface area (Å²) in [7, 11) is 0. The minimum atomic E-state index is -1.28. The number of carboxylic acids is 1. The summed E-state index contributed by atoms with van der Waals surface area (Å²) >= 11 is 0. The SMILES string of the molecule is CC(Cc1ccc(F)cc1)(Nc1ccc(F)cc1)C(=O)O. The third kappa shape index (κ3) is 3.78. The van der Waals surface area contributed by atoms with Gasteiger partial charge in [-0.15, -0.1) is 0 Å². The zero-order valence-corrected chi connectivity index (χ0v) is 11.4. The number of nitrogens with one attached hydrogen (secondary N) is 1. The highest BCUT2D eigenvalue weighted by molar-refractivity contribution is 5.82. The summed E-state index contributed by atoms with van der Waals surface area (Å²) in [5, 5.41) is 12.3. The van der Waals surface area contributed by atoms with E-state index in [4.69, 9.17) is 0 Å². The summed E-state index contributed by atoms with van der Waals surface area (Å²) in [6, 6.07) is 11.1. The molecule has 2 aromatic rings. The van der Waals surface area contributed by atoms with Crippen molar-refractivity contribution in [2.45, 2.75) is 18.9 Å². The molecule has 0 spiro atoms. The Hall–Kier alpha value is -2.43.